The van der Waals surface area contributed by atoms with Crippen molar-refractivity contribution in [2.45, 2.75) is 32.5 Å². The largest absolute Gasteiger partial charge is 0.496 e. The minimum Gasteiger partial charge on any atom is -0.496 e. The molecule has 2 aromatic carbocycles. The molecule has 0 N–H and O–H groups in total. The minimum absolute atomic E-state index is 0.0172. The Hall–Kier alpha value is -4.25. The van der Waals surface area contributed by atoms with E-state index < -0.39 is 17.7 Å². The molecule has 1 aromatic heterocycles. The highest BCUT2D eigenvalue weighted by Crippen LogP contribution is 2.33. The summed E-state index contributed by atoms with van der Waals surface area (Å²) in [6.07, 6.45) is 1.34. The van der Waals surface area contributed by atoms with E-state index in [0.717, 1.165) is 5.56 Å². The standard InChI is InChI=1S/C30H36FN5O5/c1-18-15-35(19(2)14-34(18)16-20-8-10-21(31)11-9-20)28(38)23-12-22-24(27(37)29(39)32(3)4)17-36(30(40)33(5)6)25(22)13-26(23)41-7/h8-13,17-19H,14-16H2,1-7H3/t18-,19-/m0/s1. The topological polar surface area (TPSA) is 95.4 Å². The fraction of sp³-hybridized carbons (Fsp3) is 0.400. The summed E-state index contributed by atoms with van der Waals surface area (Å²) < 4.78 is 20.2. The highest BCUT2D eigenvalue weighted by Gasteiger charge is 2.34. The highest BCUT2D eigenvalue weighted by molar-refractivity contribution is 6.45. The first-order valence-electron chi connectivity index (χ1n) is 13.3. The first kappa shape index (κ1) is 29.7. The van der Waals surface area contributed by atoms with Crippen LogP contribution in [0, 0.1) is 5.82 Å². The summed E-state index contributed by atoms with van der Waals surface area (Å²) in [5.41, 5.74) is 1.58. The van der Waals surface area contributed by atoms with Crippen LogP contribution in [-0.2, 0) is 11.3 Å². The number of piperazine rings is 1. The molecule has 41 heavy (non-hydrogen) atoms. The molecule has 1 aliphatic rings. The second kappa shape index (κ2) is 11.7. The van der Waals surface area contributed by atoms with Gasteiger partial charge in [-0.2, -0.15) is 0 Å². The molecule has 0 saturated carbocycles. The van der Waals surface area contributed by atoms with E-state index in [9.17, 15) is 23.6 Å². The summed E-state index contributed by atoms with van der Waals surface area (Å²) in [6.45, 7) is 5.66. The third-order valence-corrected chi connectivity index (χ3v) is 7.46. The lowest BCUT2D eigenvalue weighted by Crippen LogP contribution is -2.57. The van der Waals surface area contributed by atoms with E-state index in [1.165, 1.54) is 60.0 Å². The lowest BCUT2D eigenvalue weighted by atomic mass is 10.0. The number of amides is 3. The first-order valence-corrected chi connectivity index (χ1v) is 13.3. The van der Waals surface area contributed by atoms with Crippen LogP contribution < -0.4 is 4.74 Å². The normalized spacial score (nSPS) is 17.4. The van der Waals surface area contributed by atoms with Crippen LogP contribution in [0.4, 0.5) is 9.18 Å². The van der Waals surface area contributed by atoms with Gasteiger partial charge in [0.25, 0.3) is 17.6 Å². The van der Waals surface area contributed by atoms with Crippen LogP contribution in [0.5, 0.6) is 5.75 Å². The molecular formula is C30H36FN5O5. The van der Waals surface area contributed by atoms with Crippen molar-refractivity contribution >= 4 is 34.5 Å². The van der Waals surface area contributed by atoms with Gasteiger partial charge >= 0.3 is 6.03 Å². The van der Waals surface area contributed by atoms with Crippen LogP contribution in [0.1, 0.15) is 40.1 Å². The number of methoxy groups -OCH3 is 1. The number of nitrogens with zero attached hydrogens (tertiary/aromatic N) is 5. The predicted octanol–water partition coefficient (Wildman–Crippen LogP) is 3.32. The number of carbonyl (C=O) groups excluding carboxylic acids is 4. The smallest absolute Gasteiger partial charge is 0.328 e. The first-order chi connectivity index (χ1) is 19.3. The van der Waals surface area contributed by atoms with Gasteiger partial charge in [0.15, 0.2) is 0 Å². The second-order valence-electron chi connectivity index (χ2n) is 10.9. The quantitative estimate of drug-likeness (QED) is 0.336. The van der Waals surface area contributed by atoms with Crippen molar-refractivity contribution in [3.8, 4) is 5.75 Å². The molecule has 1 saturated heterocycles. The van der Waals surface area contributed by atoms with Crippen LogP contribution >= 0.6 is 0 Å². The van der Waals surface area contributed by atoms with E-state index >= 15 is 0 Å². The number of fused-ring (bicyclic) bond motifs is 1. The molecule has 3 amide bonds. The van der Waals surface area contributed by atoms with Gasteiger partial charge in [-0.1, -0.05) is 12.1 Å². The number of rotatable bonds is 6. The molecule has 1 aliphatic heterocycles. The van der Waals surface area contributed by atoms with E-state index in [2.05, 4.69) is 4.90 Å². The van der Waals surface area contributed by atoms with Crippen molar-refractivity contribution < 1.29 is 28.3 Å². The van der Waals surface area contributed by atoms with E-state index in [1.807, 2.05) is 13.8 Å². The number of benzene rings is 2. The number of hydrogen-bond donors (Lipinski definition) is 0. The highest BCUT2D eigenvalue weighted by atomic mass is 19.1. The summed E-state index contributed by atoms with van der Waals surface area (Å²) in [4.78, 5) is 59.3. The zero-order chi connectivity index (χ0) is 30.2. The van der Waals surface area contributed by atoms with Crippen LogP contribution in [-0.4, -0.2) is 108 Å². The number of ketones is 1. The maximum absolute atomic E-state index is 14.0. The fourth-order valence-electron chi connectivity index (χ4n) is 5.14. The van der Waals surface area contributed by atoms with Gasteiger partial charge in [-0.25, -0.2) is 9.18 Å². The SMILES string of the molecule is COc1cc2c(cc1C(=O)N1C[C@H](C)N(Cc3ccc(F)cc3)C[C@@H]1C)c(C(=O)C(=O)N(C)C)cn2C(=O)N(C)C. The monoisotopic (exact) mass is 565 g/mol. The summed E-state index contributed by atoms with van der Waals surface area (Å²) >= 11 is 0. The Morgan fingerprint density at radius 3 is 2.17 bits per heavy atom. The Morgan fingerprint density at radius 1 is 0.927 bits per heavy atom. The van der Waals surface area contributed by atoms with Crippen molar-refractivity contribution in [3.63, 3.8) is 0 Å². The van der Waals surface area contributed by atoms with Gasteiger partial charge < -0.3 is 19.4 Å². The van der Waals surface area contributed by atoms with Crippen LogP contribution in [0.2, 0.25) is 0 Å². The lowest BCUT2D eigenvalue weighted by molar-refractivity contribution is -0.124. The molecule has 0 unspecified atom stereocenters. The molecule has 10 nitrogen and oxygen atoms in total. The summed E-state index contributed by atoms with van der Waals surface area (Å²) in [6, 6.07) is 8.93. The number of likely N-dealkylation sites (N-methyl/N-ethyl adjacent to an activating group) is 1. The Balaban J connectivity index is 1.72. The molecule has 0 spiro atoms. The van der Waals surface area contributed by atoms with Crippen molar-refractivity contribution in [1.82, 2.24) is 24.2 Å². The zero-order valence-corrected chi connectivity index (χ0v) is 24.5. The van der Waals surface area contributed by atoms with Gasteiger partial charge in [-0.3, -0.25) is 23.9 Å². The molecular weight excluding hydrogens is 529 g/mol. The Kier molecular flexibility index (Phi) is 8.48. The molecule has 0 aliphatic carbocycles. The second-order valence-corrected chi connectivity index (χ2v) is 10.9. The Bertz CT molecular complexity index is 1500. The number of ether oxygens (including phenoxy) is 1. The molecule has 2 atom stereocenters. The van der Waals surface area contributed by atoms with Gasteiger partial charge in [0, 0.05) is 77.6 Å². The lowest BCUT2D eigenvalue weighted by Gasteiger charge is -2.44. The third kappa shape index (κ3) is 5.81. The fourth-order valence-corrected chi connectivity index (χ4v) is 5.14. The molecule has 2 heterocycles. The number of aromatic nitrogens is 1. The van der Waals surface area contributed by atoms with Crippen LogP contribution in [0.15, 0.2) is 42.6 Å². The number of Topliss-reactive ketones (excluding diaryl/α,β-unsaturated/α-hetero) is 1. The molecule has 0 bridgehead atoms. The predicted molar refractivity (Wildman–Crippen MR) is 153 cm³/mol. The zero-order valence-electron chi connectivity index (χ0n) is 24.5. The van der Waals surface area contributed by atoms with E-state index in [0.29, 0.717) is 30.5 Å². The molecule has 218 valence electrons. The Labute approximate surface area is 238 Å². The number of halogens is 1. The number of carbonyl (C=O) groups is 4. The van der Waals surface area contributed by atoms with E-state index in [4.69, 9.17) is 4.74 Å². The molecule has 3 aromatic rings. The average Bonchev–Trinajstić information content (AvgIpc) is 3.31. The van der Waals surface area contributed by atoms with Gasteiger partial charge in [0.1, 0.15) is 11.6 Å². The van der Waals surface area contributed by atoms with Gasteiger partial charge in [-0.15, -0.1) is 0 Å². The third-order valence-electron chi connectivity index (χ3n) is 7.46. The van der Waals surface area contributed by atoms with Crippen LogP contribution in [0.3, 0.4) is 0 Å². The molecule has 1 fully saturated rings. The summed E-state index contributed by atoms with van der Waals surface area (Å²) in [5, 5.41) is 0.306. The maximum Gasteiger partial charge on any atom is 0.328 e. The average molecular weight is 566 g/mol. The van der Waals surface area contributed by atoms with Crippen molar-refractivity contribution in [2.75, 3.05) is 48.4 Å². The summed E-state index contributed by atoms with van der Waals surface area (Å²) in [5.74, 6) is -1.85. The van der Waals surface area contributed by atoms with E-state index in [-0.39, 0.29) is 40.7 Å². The van der Waals surface area contributed by atoms with Gasteiger partial charge in [-0.05, 0) is 37.6 Å². The minimum atomic E-state index is -0.787. The van der Waals surface area contributed by atoms with Crippen LogP contribution in [0.25, 0.3) is 10.9 Å². The molecule has 4 rings (SSSR count). The van der Waals surface area contributed by atoms with Crippen molar-refractivity contribution in [2.24, 2.45) is 0 Å². The van der Waals surface area contributed by atoms with Gasteiger partial charge in [0.2, 0.25) is 0 Å². The van der Waals surface area contributed by atoms with Gasteiger partial charge in [0.05, 0.1) is 23.8 Å². The van der Waals surface area contributed by atoms with E-state index in [1.54, 1.807) is 37.2 Å². The number of hydrogen-bond acceptors (Lipinski definition) is 6. The summed E-state index contributed by atoms with van der Waals surface area (Å²) in [7, 11) is 7.54. The molecule has 11 heteroatoms. The molecule has 0 radical (unpaired) electrons. The van der Waals surface area contributed by atoms with Crippen molar-refractivity contribution in [3.05, 3.63) is 65.1 Å². The maximum atomic E-state index is 14.0. The Morgan fingerprint density at radius 2 is 1.59 bits per heavy atom. The van der Waals surface area contributed by atoms with Crippen molar-refractivity contribution in [1.29, 1.82) is 0 Å².